The van der Waals surface area contributed by atoms with Crippen molar-refractivity contribution in [2.45, 2.75) is 12.1 Å². The zero-order chi connectivity index (χ0) is 19.4. The van der Waals surface area contributed by atoms with Crippen molar-refractivity contribution in [1.82, 2.24) is 10.2 Å². The fraction of sp³-hybridized carbons (Fsp3) is 0.300. The molecule has 0 saturated carbocycles. The second kappa shape index (κ2) is 7.75. The molecule has 27 heavy (non-hydrogen) atoms. The number of amides is 1. The average Bonchev–Trinajstić information content (AvgIpc) is 2.68. The van der Waals surface area contributed by atoms with Crippen molar-refractivity contribution in [3.8, 4) is 11.1 Å². The number of piperazine rings is 1. The monoisotopic (exact) mass is 371 g/mol. The maximum Gasteiger partial charge on any atom is 0.408 e. The number of carbonyl (C=O) groups excluding carboxylic acids is 1. The number of nitrogens with one attached hydrogen (secondary N) is 1. The first kappa shape index (κ1) is 18.8. The molecule has 0 spiro atoms. The van der Waals surface area contributed by atoms with E-state index in [0.717, 1.165) is 23.1 Å². The predicted octanol–water partition coefficient (Wildman–Crippen LogP) is 2.80. The number of benzene rings is 2. The summed E-state index contributed by atoms with van der Waals surface area (Å²) < 4.78 is 13.1. The van der Waals surface area contributed by atoms with Crippen LogP contribution in [0.5, 0.6) is 0 Å². The van der Waals surface area contributed by atoms with Crippen LogP contribution in [0.25, 0.3) is 11.1 Å². The van der Waals surface area contributed by atoms with Crippen LogP contribution in [0.15, 0.2) is 48.5 Å². The lowest BCUT2D eigenvalue weighted by atomic mass is 9.99. The van der Waals surface area contributed by atoms with Crippen molar-refractivity contribution in [2.24, 2.45) is 0 Å². The highest BCUT2D eigenvalue weighted by Gasteiger charge is 2.43. The van der Waals surface area contributed by atoms with Gasteiger partial charge in [-0.25, -0.2) is 9.18 Å². The minimum absolute atomic E-state index is 0.0694. The highest BCUT2D eigenvalue weighted by Crippen LogP contribution is 2.28. The Hall–Kier alpha value is -2.93. The van der Waals surface area contributed by atoms with Crippen molar-refractivity contribution in [3.05, 3.63) is 54.3 Å². The lowest BCUT2D eigenvalue weighted by Crippen LogP contribution is -2.69. The second-order valence-electron chi connectivity index (χ2n) is 6.56. The molecular weight excluding hydrogens is 349 g/mol. The van der Waals surface area contributed by atoms with Crippen LogP contribution in [-0.2, 0) is 4.79 Å². The van der Waals surface area contributed by atoms with Crippen LogP contribution >= 0.6 is 0 Å². The zero-order valence-electron chi connectivity index (χ0n) is 15.1. The summed E-state index contributed by atoms with van der Waals surface area (Å²) in [6.45, 7) is 1.19. The molecule has 1 heterocycles. The van der Waals surface area contributed by atoms with Crippen molar-refractivity contribution >= 4 is 18.1 Å². The van der Waals surface area contributed by atoms with Gasteiger partial charge < -0.3 is 14.8 Å². The molecule has 1 atom stereocenters. The summed E-state index contributed by atoms with van der Waals surface area (Å²) in [6, 6.07) is 14.1. The Labute approximate surface area is 157 Å². The minimum atomic E-state index is -1.04. The maximum absolute atomic E-state index is 13.1. The van der Waals surface area contributed by atoms with Crippen LogP contribution in [-0.4, -0.2) is 54.7 Å². The van der Waals surface area contributed by atoms with Crippen LogP contribution in [0.2, 0.25) is 0 Å². The third-order valence-corrected chi connectivity index (χ3v) is 5.09. The summed E-state index contributed by atoms with van der Waals surface area (Å²) in [6.07, 6.45) is -0.231. The number of nitrogens with zero attached hydrogens (tertiary/aromatic N) is 2. The first-order valence-electron chi connectivity index (χ1n) is 8.73. The summed E-state index contributed by atoms with van der Waals surface area (Å²) in [5, 5.41) is 12.5. The lowest BCUT2D eigenvalue weighted by molar-refractivity contribution is -0.110. The Morgan fingerprint density at radius 3 is 2.26 bits per heavy atom. The van der Waals surface area contributed by atoms with Gasteiger partial charge in [-0.3, -0.25) is 10.2 Å². The highest BCUT2D eigenvalue weighted by molar-refractivity contribution is 5.69. The quantitative estimate of drug-likeness (QED) is 0.791. The number of hydrogen-bond donors (Lipinski definition) is 2. The summed E-state index contributed by atoms with van der Waals surface area (Å²) in [7, 11) is 1.67. The molecule has 2 aromatic carbocycles. The van der Waals surface area contributed by atoms with E-state index in [1.54, 1.807) is 19.2 Å². The number of aldehydes is 1. The van der Waals surface area contributed by atoms with Gasteiger partial charge in [-0.1, -0.05) is 24.3 Å². The standard InChI is InChI=1S/C20H22FN3O3/c1-22-20(10-13-25)14-23(11-12-24(20)19(26)27)18-8-4-16(5-9-18)15-2-6-17(21)7-3-15/h2-9,13,22H,10-12,14H2,1H3,(H,26,27). The van der Waals surface area contributed by atoms with Gasteiger partial charge in [0.05, 0.1) is 6.54 Å². The van der Waals surface area contributed by atoms with E-state index in [2.05, 4.69) is 10.2 Å². The molecule has 1 saturated heterocycles. The number of carbonyl (C=O) groups is 2. The van der Waals surface area contributed by atoms with Gasteiger partial charge in [0, 0.05) is 25.2 Å². The van der Waals surface area contributed by atoms with Gasteiger partial charge >= 0.3 is 6.09 Å². The van der Waals surface area contributed by atoms with Crippen molar-refractivity contribution in [3.63, 3.8) is 0 Å². The number of rotatable bonds is 5. The molecule has 3 rings (SSSR count). The molecule has 2 N–H and O–H groups in total. The molecule has 0 aromatic heterocycles. The Balaban J connectivity index is 1.83. The molecule has 2 aromatic rings. The molecular formula is C20H22FN3O3. The van der Waals surface area contributed by atoms with E-state index in [-0.39, 0.29) is 12.2 Å². The Morgan fingerprint density at radius 2 is 1.74 bits per heavy atom. The van der Waals surface area contributed by atoms with Crippen LogP contribution in [0, 0.1) is 5.82 Å². The lowest BCUT2D eigenvalue weighted by Gasteiger charge is -2.49. The van der Waals surface area contributed by atoms with Gasteiger partial charge in [0.25, 0.3) is 0 Å². The zero-order valence-corrected chi connectivity index (χ0v) is 15.1. The SMILES string of the molecule is CNC1(CC=O)CN(c2ccc(-c3ccc(F)cc3)cc2)CCN1C(=O)O. The van der Waals surface area contributed by atoms with E-state index in [0.29, 0.717) is 19.6 Å². The smallest absolute Gasteiger partial charge is 0.408 e. The first-order valence-corrected chi connectivity index (χ1v) is 8.73. The van der Waals surface area contributed by atoms with E-state index in [1.807, 2.05) is 24.3 Å². The number of anilines is 1. The van der Waals surface area contributed by atoms with E-state index in [1.165, 1.54) is 17.0 Å². The van der Waals surface area contributed by atoms with E-state index < -0.39 is 11.8 Å². The highest BCUT2D eigenvalue weighted by atomic mass is 19.1. The number of likely N-dealkylation sites (N-methyl/N-ethyl adjacent to an activating group) is 1. The maximum atomic E-state index is 13.1. The summed E-state index contributed by atoms with van der Waals surface area (Å²) in [5.41, 5.74) is 1.87. The van der Waals surface area contributed by atoms with Crippen molar-refractivity contribution in [2.75, 3.05) is 31.6 Å². The number of halogens is 1. The van der Waals surface area contributed by atoms with E-state index >= 15 is 0 Å². The second-order valence-corrected chi connectivity index (χ2v) is 6.56. The normalized spacial score (nSPS) is 19.8. The third-order valence-electron chi connectivity index (χ3n) is 5.09. The van der Waals surface area contributed by atoms with Crippen LogP contribution in [0.4, 0.5) is 14.9 Å². The first-order chi connectivity index (χ1) is 13.0. The van der Waals surface area contributed by atoms with Crippen LogP contribution in [0.3, 0.4) is 0 Å². The molecule has 1 amide bonds. The predicted molar refractivity (Wildman–Crippen MR) is 101 cm³/mol. The molecule has 142 valence electrons. The Morgan fingerprint density at radius 1 is 1.15 bits per heavy atom. The fourth-order valence-corrected chi connectivity index (χ4v) is 3.55. The molecule has 7 heteroatoms. The summed E-state index contributed by atoms with van der Waals surface area (Å²) in [5.74, 6) is -0.273. The number of carboxylic acid groups (broad SMARTS) is 1. The topological polar surface area (TPSA) is 72.9 Å². The number of hydrogen-bond acceptors (Lipinski definition) is 4. The van der Waals surface area contributed by atoms with E-state index in [4.69, 9.17) is 0 Å². The van der Waals surface area contributed by atoms with E-state index in [9.17, 15) is 19.1 Å². The third kappa shape index (κ3) is 3.78. The molecule has 1 unspecified atom stereocenters. The molecule has 0 radical (unpaired) electrons. The molecule has 1 aliphatic rings. The Bertz CT molecular complexity index is 810. The van der Waals surface area contributed by atoms with Gasteiger partial charge in [-0.05, 0) is 42.4 Å². The van der Waals surface area contributed by atoms with Gasteiger partial charge in [-0.2, -0.15) is 0 Å². The van der Waals surface area contributed by atoms with Gasteiger partial charge in [0.2, 0.25) is 0 Å². The van der Waals surface area contributed by atoms with Gasteiger partial charge in [0.15, 0.2) is 0 Å². The van der Waals surface area contributed by atoms with Crippen molar-refractivity contribution in [1.29, 1.82) is 0 Å². The average molecular weight is 371 g/mol. The molecule has 0 bridgehead atoms. The van der Waals surface area contributed by atoms with Crippen LogP contribution in [0.1, 0.15) is 6.42 Å². The largest absolute Gasteiger partial charge is 0.465 e. The van der Waals surface area contributed by atoms with Crippen molar-refractivity contribution < 1.29 is 19.1 Å². The van der Waals surface area contributed by atoms with Crippen LogP contribution < -0.4 is 10.2 Å². The van der Waals surface area contributed by atoms with Gasteiger partial charge in [-0.15, -0.1) is 0 Å². The Kier molecular flexibility index (Phi) is 5.41. The summed E-state index contributed by atoms with van der Waals surface area (Å²) in [4.78, 5) is 26.1. The molecule has 0 aliphatic carbocycles. The van der Waals surface area contributed by atoms with Gasteiger partial charge in [0.1, 0.15) is 17.8 Å². The molecule has 1 fully saturated rings. The molecule has 6 nitrogen and oxygen atoms in total. The minimum Gasteiger partial charge on any atom is -0.465 e. The summed E-state index contributed by atoms with van der Waals surface area (Å²) >= 11 is 0. The fourth-order valence-electron chi connectivity index (χ4n) is 3.55. The molecule has 1 aliphatic heterocycles.